The van der Waals surface area contributed by atoms with Crippen LogP contribution in [0.2, 0.25) is 0 Å². The van der Waals surface area contributed by atoms with Gasteiger partial charge in [0.15, 0.2) is 0 Å². The van der Waals surface area contributed by atoms with E-state index in [1.165, 1.54) is 37.7 Å². The molecular weight excluding hydrogens is 360 g/mol. The van der Waals surface area contributed by atoms with Gasteiger partial charge in [-0.3, -0.25) is 4.90 Å². The van der Waals surface area contributed by atoms with E-state index in [0.717, 1.165) is 50.3 Å². The lowest BCUT2D eigenvalue weighted by molar-refractivity contribution is 0.235. The average molecular weight is 403 g/mol. The van der Waals surface area contributed by atoms with Crippen molar-refractivity contribution in [1.29, 1.82) is 0 Å². The first kappa shape index (κ1) is 23.6. The zero-order valence-corrected chi connectivity index (χ0v) is 19.4. The van der Waals surface area contributed by atoms with Crippen LogP contribution in [-0.2, 0) is 0 Å². The number of rotatable bonds is 11. The fraction of sp³-hybridized carbons (Fsp3) is 0.720. The molecule has 4 heteroatoms. The molecule has 164 valence electrons. The summed E-state index contributed by atoms with van der Waals surface area (Å²) in [7, 11) is 0. The van der Waals surface area contributed by atoms with Gasteiger partial charge in [0, 0.05) is 17.8 Å². The highest BCUT2D eigenvalue weighted by molar-refractivity contribution is 5.95. The molecule has 2 amide bonds. The Morgan fingerprint density at radius 1 is 1.10 bits per heavy atom. The first-order chi connectivity index (χ1) is 13.9. The van der Waals surface area contributed by atoms with Crippen LogP contribution in [0.15, 0.2) is 18.2 Å². The van der Waals surface area contributed by atoms with Crippen LogP contribution in [0.5, 0.6) is 5.75 Å². The molecule has 1 aliphatic rings. The summed E-state index contributed by atoms with van der Waals surface area (Å²) in [6, 6.07) is 6.24. The Labute approximate surface area is 178 Å². The van der Waals surface area contributed by atoms with Gasteiger partial charge in [-0.2, -0.15) is 0 Å². The summed E-state index contributed by atoms with van der Waals surface area (Å²) in [5, 5.41) is 3.17. The number of ether oxygens (including phenoxy) is 1. The number of carbonyl (C=O) groups is 1. The van der Waals surface area contributed by atoms with Crippen LogP contribution in [0.1, 0.15) is 104 Å². The number of amides is 2. The molecule has 4 nitrogen and oxygen atoms in total. The molecule has 1 heterocycles. The summed E-state index contributed by atoms with van der Waals surface area (Å²) in [5.41, 5.74) is 2.03. The summed E-state index contributed by atoms with van der Waals surface area (Å²) in [5.74, 6) is 1.31. The quantitative estimate of drug-likeness (QED) is 0.404. The van der Waals surface area contributed by atoms with E-state index >= 15 is 0 Å². The van der Waals surface area contributed by atoms with Crippen LogP contribution in [0.4, 0.5) is 10.5 Å². The molecular formula is C25H42N2O2. The van der Waals surface area contributed by atoms with Crippen LogP contribution >= 0.6 is 0 Å². The molecule has 1 N–H and O–H groups in total. The largest absolute Gasteiger partial charge is 0.494 e. The second-order valence-corrected chi connectivity index (χ2v) is 9.18. The van der Waals surface area contributed by atoms with Crippen molar-refractivity contribution >= 4 is 11.7 Å². The third-order valence-electron chi connectivity index (χ3n) is 5.96. The molecule has 1 atom stereocenters. The fourth-order valence-corrected chi connectivity index (χ4v) is 4.40. The Morgan fingerprint density at radius 3 is 2.52 bits per heavy atom. The van der Waals surface area contributed by atoms with Gasteiger partial charge in [0.2, 0.25) is 0 Å². The number of benzene rings is 1. The van der Waals surface area contributed by atoms with Crippen LogP contribution < -0.4 is 15.0 Å². The normalized spacial score (nSPS) is 17.7. The van der Waals surface area contributed by atoms with Crippen molar-refractivity contribution in [2.45, 2.75) is 104 Å². The van der Waals surface area contributed by atoms with E-state index < -0.39 is 0 Å². The van der Waals surface area contributed by atoms with Gasteiger partial charge in [-0.1, -0.05) is 59.3 Å². The SMILES string of the molecule is CCCCCCCCNC(=O)N1c2ccc(OCCCC)cc2C(C)CC1(C)C. The van der Waals surface area contributed by atoms with E-state index in [1.807, 2.05) is 11.0 Å². The maximum Gasteiger partial charge on any atom is 0.322 e. The number of carbonyl (C=O) groups excluding carboxylic acids is 1. The summed E-state index contributed by atoms with van der Waals surface area (Å²) < 4.78 is 5.91. The zero-order chi connectivity index (χ0) is 21.3. The molecule has 0 saturated heterocycles. The van der Waals surface area contributed by atoms with Crippen molar-refractivity contribution in [2.24, 2.45) is 0 Å². The highest BCUT2D eigenvalue weighted by atomic mass is 16.5. The molecule has 0 aliphatic carbocycles. The van der Waals surface area contributed by atoms with Gasteiger partial charge in [-0.05, 0) is 62.8 Å². The van der Waals surface area contributed by atoms with Gasteiger partial charge in [-0.15, -0.1) is 0 Å². The van der Waals surface area contributed by atoms with Crippen molar-refractivity contribution in [3.8, 4) is 5.75 Å². The standard InChI is InChI=1S/C25H42N2O2/c1-6-8-10-11-12-13-16-26-24(28)27-23-15-14-21(29-17-9-7-2)18-22(23)20(3)19-25(27,4)5/h14-15,18,20H,6-13,16-17,19H2,1-5H3,(H,26,28). The molecule has 1 unspecified atom stereocenters. The van der Waals surface area contributed by atoms with Crippen LogP contribution in [-0.4, -0.2) is 24.7 Å². The van der Waals surface area contributed by atoms with E-state index in [4.69, 9.17) is 4.74 Å². The van der Waals surface area contributed by atoms with Gasteiger partial charge in [0.05, 0.1) is 6.61 Å². The molecule has 0 radical (unpaired) electrons. The Kier molecular flexibility index (Phi) is 9.32. The van der Waals surface area contributed by atoms with Gasteiger partial charge in [0.25, 0.3) is 0 Å². The molecule has 29 heavy (non-hydrogen) atoms. The number of nitrogens with zero attached hydrogens (tertiary/aromatic N) is 1. The second kappa shape index (κ2) is 11.5. The number of unbranched alkanes of at least 4 members (excludes halogenated alkanes) is 6. The predicted molar refractivity (Wildman–Crippen MR) is 123 cm³/mol. The maximum absolute atomic E-state index is 13.1. The molecule has 0 bridgehead atoms. The Hall–Kier alpha value is -1.71. The van der Waals surface area contributed by atoms with Crippen molar-refractivity contribution in [3.63, 3.8) is 0 Å². The summed E-state index contributed by atoms with van der Waals surface area (Å²) >= 11 is 0. The Bertz CT molecular complexity index is 642. The number of urea groups is 1. The molecule has 1 aliphatic heterocycles. The molecule has 1 aromatic carbocycles. The van der Waals surface area contributed by atoms with E-state index in [2.05, 4.69) is 52.1 Å². The molecule has 1 aromatic rings. The highest BCUT2D eigenvalue weighted by Crippen LogP contribution is 2.44. The molecule has 0 aromatic heterocycles. The minimum Gasteiger partial charge on any atom is -0.494 e. The van der Waals surface area contributed by atoms with Crippen molar-refractivity contribution < 1.29 is 9.53 Å². The lowest BCUT2D eigenvalue weighted by atomic mass is 9.80. The zero-order valence-electron chi connectivity index (χ0n) is 19.4. The van der Waals surface area contributed by atoms with Crippen LogP contribution in [0.3, 0.4) is 0 Å². The van der Waals surface area contributed by atoms with Crippen LogP contribution in [0.25, 0.3) is 0 Å². The third kappa shape index (κ3) is 6.65. The first-order valence-corrected chi connectivity index (χ1v) is 11.8. The predicted octanol–water partition coefficient (Wildman–Crippen LogP) is 7.03. The topological polar surface area (TPSA) is 41.6 Å². The van der Waals surface area contributed by atoms with Crippen molar-refractivity contribution in [1.82, 2.24) is 5.32 Å². The molecule has 0 saturated carbocycles. The summed E-state index contributed by atoms with van der Waals surface area (Å²) in [4.78, 5) is 15.1. The fourth-order valence-electron chi connectivity index (χ4n) is 4.40. The summed E-state index contributed by atoms with van der Waals surface area (Å²) in [6.07, 6.45) is 10.5. The lowest BCUT2D eigenvalue weighted by Gasteiger charge is -2.45. The number of anilines is 1. The number of hydrogen-bond donors (Lipinski definition) is 1. The minimum absolute atomic E-state index is 0.0244. The highest BCUT2D eigenvalue weighted by Gasteiger charge is 2.40. The average Bonchev–Trinajstić information content (AvgIpc) is 2.67. The third-order valence-corrected chi connectivity index (χ3v) is 5.96. The summed E-state index contributed by atoms with van der Waals surface area (Å²) in [6.45, 7) is 12.5. The Morgan fingerprint density at radius 2 is 1.79 bits per heavy atom. The molecule has 0 spiro atoms. The lowest BCUT2D eigenvalue weighted by Crippen LogP contribution is -2.55. The van der Waals surface area contributed by atoms with Gasteiger partial charge in [-0.25, -0.2) is 4.79 Å². The van der Waals surface area contributed by atoms with E-state index in [1.54, 1.807) is 0 Å². The van der Waals surface area contributed by atoms with Crippen LogP contribution in [0, 0.1) is 0 Å². The number of nitrogens with one attached hydrogen (secondary N) is 1. The number of hydrogen-bond acceptors (Lipinski definition) is 2. The van der Waals surface area contributed by atoms with E-state index in [9.17, 15) is 4.79 Å². The van der Waals surface area contributed by atoms with Crippen molar-refractivity contribution in [3.05, 3.63) is 23.8 Å². The first-order valence-electron chi connectivity index (χ1n) is 11.8. The maximum atomic E-state index is 13.1. The number of fused-ring (bicyclic) bond motifs is 1. The second-order valence-electron chi connectivity index (χ2n) is 9.18. The molecule has 0 fully saturated rings. The molecule has 2 rings (SSSR count). The van der Waals surface area contributed by atoms with Gasteiger partial charge in [0.1, 0.15) is 5.75 Å². The van der Waals surface area contributed by atoms with Crippen molar-refractivity contribution in [2.75, 3.05) is 18.1 Å². The smallest absolute Gasteiger partial charge is 0.322 e. The van der Waals surface area contributed by atoms with Gasteiger partial charge < -0.3 is 10.1 Å². The minimum atomic E-state index is -0.206. The Balaban J connectivity index is 2.03. The van der Waals surface area contributed by atoms with Gasteiger partial charge >= 0.3 is 6.03 Å². The van der Waals surface area contributed by atoms with E-state index in [-0.39, 0.29) is 11.6 Å². The monoisotopic (exact) mass is 402 g/mol. The van der Waals surface area contributed by atoms with E-state index in [0.29, 0.717) is 5.92 Å².